The fourth-order valence-corrected chi connectivity index (χ4v) is 3.94. The SMILES string of the molecule is Cc1cn2cc(-c3cc4c(F)cc(N5CCN(C)C(C)C5)cc4oc3=O)nc2cn1. The van der Waals surface area contributed by atoms with Gasteiger partial charge in [0, 0.05) is 49.8 Å². The highest BCUT2D eigenvalue weighted by Gasteiger charge is 2.22. The van der Waals surface area contributed by atoms with Crippen LogP contribution in [0.2, 0.25) is 0 Å². The molecule has 8 heteroatoms. The van der Waals surface area contributed by atoms with Crippen LogP contribution in [0.15, 0.2) is 46.0 Å². The summed E-state index contributed by atoms with van der Waals surface area (Å²) in [6, 6.07) is 5.15. The molecule has 0 spiro atoms. The highest BCUT2D eigenvalue weighted by atomic mass is 19.1. The van der Waals surface area contributed by atoms with Gasteiger partial charge in [-0.3, -0.25) is 4.98 Å². The van der Waals surface area contributed by atoms with Crippen molar-refractivity contribution >= 4 is 22.3 Å². The largest absolute Gasteiger partial charge is 0.422 e. The Morgan fingerprint density at radius 3 is 2.83 bits per heavy atom. The molecule has 0 amide bonds. The van der Waals surface area contributed by atoms with Crippen molar-refractivity contribution in [1.82, 2.24) is 19.3 Å². The number of halogens is 1. The Balaban J connectivity index is 1.58. The molecule has 0 bridgehead atoms. The first-order valence-electron chi connectivity index (χ1n) is 9.93. The van der Waals surface area contributed by atoms with Crippen LogP contribution in [0, 0.1) is 12.7 Å². The van der Waals surface area contributed by atoms with Crippen LogP contribution >= 0.6 is 0 Å². The molecule has 0 radical (unpaired) electrons. The normalized spacial score (nSPS) is 17.9. The van der Waals surface area contributed by atoms with Crippen molar-refractivity contribution in [3.05, 3.63) is 58.7 Å². The van der Waals surface area contributed by atoms with Gasteiger partial charge in [0.2, 0.25) is 0 Å². The number of aryl methyl sites for hydroxylation is 1. The fourth-order valence-electron chi connectivity index (χ4n) is 3.94. The Morgan fingerprint density at radius 1 is 1.20 bits per heavy atom. The molecule has 1 aliphatic heterocycles. The second-order valence-electron chi connectivity index (χ2n) is 7.98. The number of rotatable bonds is 2. The lowest BCUT2D eigenvalue weighted by Crippen LogP contribution is -2.50. The lowest BCUT2D eigenvalue weighted by molar-refractivity contribution is 0.234. The van der Waals surface area contributed by atoms with Gasteiger partial charge in [0.15, 0.2) is 5.65 Å². The Morgan fingerprint density at radius 2 is 2.03 bits per heavy atom. The summed E-state index contributed by atoms with van der Waals surface area (Å²) in [6.07, 6.45) is 5.17. The number of fused-ring (bicyclic) bond motifs is 2. The van der Waals surface area contributed by atoms with Crippen molar-refractivity contribution in [2.45, 2.75) is 19.9 Å². The summed E-state index contributed by atoms with van der Waals surface area (Å²) in [5.41, 5.74) is 2.51. The molecular weight excluding hydrogens is 385 g/mol. The van der Waals surface area contributed by atoms with E-state index in [0.717, 1.165) is 31.0 Å². The standard InChI is InChI=1S/C22H22FN5O2/c1-13-10-28-12-19(25-21(28)9-24-13)17-8-16-18(23)6-15(7-20(16)30-22(17)29)27-5-4-26(3)14(2)11-27/h6-10,12,14H,4-5,11H2,1-3H3. The number of imidazole rings is 1. The van der Waals surface area contributed by atoms with Crippen LogP contribution in [0.5, 0.6) is 0 Å². The molecule has 1 saturated heterocycles. The van der Waals surface area contributed by atoms with Crippen LogP contribution in [0.4, 0.5) is 10.1 Å². The van der Waals surface area contributed by atoms with Crippen LogP contribution < -0.4 is 10.5 Å². The molecule has 1 aliphatic rings. The van der Waals surface area contributed by atoms with Gasteiger partial charge in [-0.25, -0.2) is 14.2 Å². The number of hydrogen-bond acceptors (Lipinski definition) is 6. The van der Waals surface area contributed by atoms with Gasteiger partial charge in [-0.1, -0.05) is 0 Å². The molecule has 1 unspecified atom stereocenters. The Kier molecular flexibility index (Phi) is 4.32. The minimum Gasteiger partial charge on any atom is -0.422 e. The zero-order valence-corrected chi connectivity index (χ0v) is 17.1. The number of anilines is 1. The van der Waals surface area contributed by atoms with Crippen LogP contribution in [0.3, 0.4) is 0 Å². The molecule has 30 heavy (non-hydrogen) atoms. The molecule has 0 N–H and O–H groups in total. The molecule has 7 nitrogen and oxygen atoms in total. The van der Waals surface area contributed by atoms with Gasteiger partial charge in [0.05, 0.1) is 28.5 Å². The molecule has 154 valence electrons. The van der Waals surface area contributed by atoms with E-state index in [-0.39, 0.29) is 16.5 Å². The second kappa shape index (κ2) is 6.91. The maximum absolute atomic E-state index is 15.0. The molecule has 0 aliphatic carbocycles. The van der Waals surface area contributed by atoms with Crippen LogP contribution in [0.1, 0.15) is 12.6 Å². The van der Waals surface area contributed by atoms with E-state index in [1.54, 1.807) is 22.9 Å². The van der Waals surface area contributed by atoms with E-state index in [1.165, 1.54) is 12.1 Å². The van der Waals surface area contributed by atoms with Crippen LogP contribution in [-0.4, -0.2) is 52.0 Å². The summed E-state index contributed by atoms with van der Waals surface area (Å²) in [5.74, 6) is -0.416. The average molecular weight is 407 g/mol. The van der Waals surface area contributed by atoms with E-state index in [4.69, 9.17) is 4.42 Å². The molecule has 3 aromatic heterocycles. The van der Waals surface area contributed by atoms with Gasteiger partial charge in [0.1, 0.15) is 11.4 Å². The van der Waals surface area contributed by atoms with Crippen molar-refractivity contribution in [2.75, 3.05) is 31.6 Å². The Hall–Kier alpha value is -3.26. The molecule has 1 fully saturated rings. The van der Waals surface area contributed by atoms with Crippen LogP contribution in [-0.2, 0) is 0 Å². The molecule has 0 saturated carbocycles. The molecular formula is C22H22FN5O2. The van der Waals surface area contributed by atoms with Gasteiger partial charge in [-0.15, -0.1) is 0 Å². The number of likely N-dealkylation sites (N-methyl/N-ethyl adjacent to an activating group) is 1. The third-order valence-corrected chi connectivity index (χ3v) is 5.86. The Labute approximate surface area is 172 Å². The third kappa shape index (κ3) is 3.13. The first-order valence-corrected chi connectivity index (χ1v) is 9.93. The van der Waals surface area contributed by atoms with E-state index < -0.39 is 11.4 Å². The molecule has 4 aromatic rings. The molecule has 1 atom stereocenters. The van der Waals surface area contributed by atoms with E-state index in [2.05, 4.69) is 33.7 Å². The maximum Gasteiger partial charge on any atom is 0.345 e. The minimum absolute atomic E-state index is 0.226. The van der Waals surface area contributed by atoms with Gasteiger partial charge in [-0.05, 0) is 33.0 Å². The topological polar surface area (TPSA) is 66.9 Å². The number of benzene rings is 1. The summed E-state index contributed by atoms with van der Waals surface area (Å²) < 4.78 is 22.3. The molecule has 5 rings (SSSR count). The van der Waals surface area contributed by atoms with E-state index >= 15 is 4.39 Å². The zero-order valence-electron chi connectivity index (χ0n) is 17.1. The van der Waals surface area contributed by atoms with Gasteiger partial charge < -0.3 is 18.6 Å². The first kappa shape index (κ1) is 18.7. The lowest BCUT2D eigenvalue weighted by Gasteiger charge is -2.39. The lowest BCUT2D eigenvalue weighted by atomic mass is 10.1. The first-order chi connectivity index (χ1) is 14.4. The average Bonchev–Trinajstić information content (AvgIpc) is 3.12. The maximum atomic E-state index is 15.0. The van der Waals surface area contributed by atoms with Gasteiger partial charge in [0.25, 0.3) is 0 Å². The van der Waals surface area contributed by atoms with Crippen molar-refractivity contribution in [1.29, 1.82) is 0 Å². The zero-order chi connectivity index (χ0) is 21.0. The predicted molar refractivity (Wildman–Crippen MR) is 113 cm³/mol. The smallest absolute Gasteiger partial charge is 0.345 e. The van der Waals surface area contributed by atoms with Crippen molar-refractivity contribution < 1.29 is 8.81 Å². The molecule has 4 heterocycles. The number of piperazine rings is 1. The summed E-state index contributed by atoms with van der Waals surface area (Å²) >= 11 is 0. The number of aromatic nitrogens is 3. The van der Waals surface area contributed by atoms with Gasteiger partial charge >= 0.3 is 5.63 Å². The summed E-state index contributed by atoms with van der Waals surface area (Å²) in [7, 11) is 2.08. The summed E-state index contributed by atoms with van der Waals surface area (Å²) in [5, 5.41) is 0.266. The number of hydrogen-bond donors (Lipinski definition) is 0. The van der Waals surface area contributed by atoms with E-state index in [0.29, 0.717) is 17.4 Å². The van der Waals surface area contributed by atoms with Gasteiger partial charge in [-0.2, -0.15) is 0 Å². The summed E-state index contributed by atoms with van der Waals surface area (Å²) in [6.45, 7) is 6.49. The number of nitrogens with zero attached hydrogens (tertiary/aromatic N) is 5. The predicted octanol–water partition coefficient (Wildman–Crippen LogP) is 3.09. The third-order valence-electron chi connectivity index (χ3n) is 5.86. The van der Waals surface area contributed by atoms with E-state index in [1.807, 2.05) is 13.1 Å². The minimum atomic E-state index is -0.543. The summed E-state index contributed by atoms with van der Waals surface area (Å²) in [4.78, 5) is 25.7. The van der Waals surface area contributed by atoms with Crippen molar-refractivity contribution in [3.8, 4) is 11.3 Å². The highest BCUT2D eigenvalue weighted by Crippen LogP contribution is 2.29. The second-order valence-corrected chi connectivity index (χ2v) is 7.98. The fraction of sp³-hybridized carbons (Fsp3) is 0.318. The molecule has 1 aromatic carbocycles. The van der Waals surface area contributed by atoms with E-state index in [9.17, 15) is 4.79 Å². The monoisotopic (exact) mass is 407 g/mol. The highest BCUT2D eigenvalue weighted by molar-refractivity contribution is 5.85. The van der Waals surface area contributed by atoms with Crippen molar-refractivity contribution in [2.24, 2.45) is 0 Å². The van der Waals surface area contributed by atoms with Crippen molar-refractivity contribution in [3.63, 3.8) is 0 Å². The van der Waals surface area contributed by atoms with Crippen LogP contribution in [0.25, 0.3) is 27.9 Å². The quantitative estimate of drug-likeness (QED) is 0.476. The Bertz CT molecular complexity index is 1330.